The van der Waals surface area contributed by atoms with Gasteiger partial charge < -0.3 is 15.7 Å². The molecule has 0 spiro atoms. The molecule has 1 atom stereocenters. The Balaban J connectivity index is 2.02. The normalized spacial score (nSPS) is 17.0. The molecule has 3 N–H and O–H groups in total. The first kappa shape index (κ1) is 13.5. The molecule has 8 heteroatoms. The third-order valence-corrected chi connectivity index (χ3v) is 3.10. The summed E-state index contributed by atoms with van der Waals surface area (Å²) >= 11 is 0. The Labute approximate surface area is 110 Å². The molecule has 0 aliphatic carbocycles. The van der Waals surface area contributed by atoms with E-state index in [1.807, 2.05) is 0 Å². The van der Waals surface area contributed by atoms with E-state index in [2.05, 4.69) is 20.9 Å². The summed E-state index contributed by atoms with van der Waals surface area (Å²) in [7, 11) is 0. The van der Waals surface area contributed by atoms with Gasteiger partial charge in [0, 0.05) is 13.1 Å². The van der Waals surface area contributed by atoms with Gasteiger partial charge >= 0.3 is 5.97 Å². The van der Waals surface area contributed by atoms with Gasteiger partial charge in [-0.25, -0.2) is 9.48 Å². The Morgan fingerprint density at radius 2 is 2.21 bits per heavy atom. The number of carboxylic acid groups (broad SMARTS) is 1. The smallest absolute Gasteiger partial charge is 0.326 e. The fourth-order valence-electron chi connectivity index (χ4n) is 1.75. The first-order valence-electron chi connectivity index (χ1n) is 6.15. The molecule has 0 unspecified atom stereocenters. The van der Waals surface area contributed by atoms with Crippen LogP contribution in [-0.4, -0.2) is 51.1 Å². The third-order valence-electron chi connectivity index (χ3n) is 3.10. The lowest BCUT2D eigenvalue weighted by Crippen LogP contribution is -2.44. The number of aromatic nitrogens is 3. The van der Waals surface area contributed by atoms with Gasteiger partial charge in [0.2, 0.25) is 0 Å². The minimum Gasteiger partial charge on any atom is -0.480 e. The second-order valence-electron chi connectivity index (χ2n) is 4.93. The molecule has 0 aromatic carbocycles. The summed E-state index contributed by atoms with van der Waals surface area (Å²) in [5.41, 5.74) is 0.138. The van der Waals surface area contributed by atoms with Crippen molar-refractivity contribution in [3.8, 4) is 0 Å². The lowest BCUT2D eigenvalue weighted by Gasteiger charge is -2.26. The summed E-state index contributed by atoms with van der Waals surface area (Å²) in [6.45, 7) is 5.06. The summed E-state index contributed by atoms with van der Waals surface area (Å²) < 4.78 is 1.62. The molecule has 1 aliphatic heterocycles. The van der Waals surface area contributed by atoms with Gasteiger partial charge in [-0.2, -0.15) is 0 Å². The van der Waals surface area contributed by atoms with Crippen molar-refractivity contribution in [3.63, 3.8) is 0 Å². The maximum Gasteiger partial charge on any atom is 0.326 e. The molecule has 1 amide bonds. The highest BCUT2D eigenvalue weighted by Crippen LogP contribution is 2.10. The van der Waals surface area contributed by atoms with Crippen LogP contribution in [0, 0.1) is 5.92 Å². The van der Waals surface area contributed by atoms with E-state index in [9.17, 15) is 9.59 Å². The first-order chi connectivity index (χ1) is 8.99. The zero-order valence-corrected chi connectivity index (χ0v) is 10.8. The quantitative estimate of drug-likeness (QED) is 0.648. The van der Waals surface area contributed by atoms with Crippen LogP contribution >= 0.6 is 0 Å². The zero-order chi connectivity index (χ0) is 14.0. The topological polar surface area (TPSA) is 109 Å². The third kappa shape index (κ3) is 2.90. The van der Waals surface area contributed by atoms with E-state index in [1.54, 1.807) is 24.7 Å². The first-order valence-corrected chi connectivity index (χ1v) is 6.15. The van der Waals surface area contributed by atoms with Gasteiger partial charge in [0.1, 0.15) is 6.04 Å². The van der Waals surface area contributed by atoms with Crippen LogP contribution in [0.25, 0.3) is 0 Å². The average molecular weight is 267 g/mol. The summed E-state index contributed by atoms with van der Waals surface area (Å²) in [4.78, 5) is 22.9. The molecule has 1 aliphatic rings. The number of rotatable bonds is 5. The van der Waals surface area contributed by atoms with E-state index < -0.39 is 17.9 Å². The van der Waals surface area contributed by atoms with Crippen LogP contribution in [0.15, 0.2) is 6.20 Å². The lowest BCUT2D eigenvalue weighted by molar-refractivity contribution is -0.140. The number of amides is 1. The highest BCUT2D eigenvalue weighted by molar-refractivity contribution is 5.94. The molecule has 1 fully saturated rings. The molecule has 2 rings (SSSR count). The van der Waals surface area contributed by atoms with Gasteiger partial charge in [0.15, 0.2) is 5.69 Å². The maximum absolute atomic E-state index is 11.9. The monoisotopic (exact) mass is 267 g/mol. The van der Waals surface area contributed by atoms with E-state index in [-0.39, 0.29) is 17.7 Å². The Bertz CT molecular complexity index is 480. The van der Waals surface area contributed by atoms with E-state index in [1.165, 1.54) is 0 Å². The standard InChI is InChI=1S/C11H17N5O3/c1-6(2)9(11(18)19)13-10(17)8-5-16(15-14-8)7-3-12-4-7/h5-7,9,12H,3-4H2,1-2H3,(H,13,17)(H,18,19)/t9-/m1/s1. The predicted octanol–water partition coefficient (Wildman–Crippen LogP) is -0.739. The van der Waals surface area contributed by atoms with Gasteiger partial charge in [-0.15, -0.1) is 5.10 Å². The van der Waals surface area contributed by atoms with Gasteiger partial charge in [-0.1, -0.05) is 19.1 Å². The van der Waals surface area contributed by atoms with Crippen molar-refractivity contribution in [1.29, 1.82) is 0 Å². The minimum absolute atomic E-state index is 0.138. The van der Waals surface area contributed by atoms with E-state index in [0.29, 0.717) is 0 Å². The van der Waals surface area contributed by atoms with Crippen molar-refractivity contribution < 1.29 is 14.7 Å². The predicted molar refractivity (Wildman–Crippen MR) is 65.7 cm³/mol. The van der Waals surface area contributed by atoms with Crippen molar-refractivity contribution in [2.24, 2.45) is 5.92 Å². The summed E-state index contributed by atoms with van der Waals surface area (Å²) in [5, 5.41) is 22.2. The van der Waals surface area contributed by atoms with Crippen LogP contribution in [0.3, 0.4) is 0 Å². The highest BCUT2D eigenvalue weighted by Gasteiger charge is 2.26. The van der Waals surface area contributed by atoms with Crippen LogP contribution in [0.4, 0.5) is 0 Å². The molecule has 8 nitrogen and oxygen atoms in total. The summed E-state index contributed by atoms with van der Waals surface area (Å²) in [6, 6.07) is -0.711. The zero-order valence-electron chi connectivity index (χ0n) is 10.8. The van der Waals surface area contributed by atoms with E-state index >= 15 is 0 Å². The maximum atomic E-state index is 11.9. The van der Waals surface area contributed by atoms with Crippen molar-refractivity contribution in [1.82, 2.24) is 25.6 Å². The van der Waals surface area contributed by atoms with Crippen molar-refractivity contribution >= 4 is 11.9 Å². The van der Waals surface area contributed by atoms with Crippen LogP contribution in [0.1, 0.15) is 30.4 Å². The average Bonchev–Trinajstić information content (AvgIpc) is 2.71. The second-order valence-corrected chi connectivity index (χ2v) is 4.93. The Kier molecular flexibility index (Phi) is 3.79. The molecule has 2 heterocycles. The van der Waals surface area contributed by atoms with Crippen LogP contribution < -0.4 is 10.6 Å². The molecule has 1 saturated heterocycles. The molecule has 0 bridgehead atoms. The number of carbonyl (C=O) groups is 2. The molecule has 0 radical (unpaired) electrons. The number of hydrogen-bond donors (Lipinski definition) is 3. The molecule has 1 aromatic rings. The SMILES string of the molecule is CC(C)[C@@H](NC(=O)c1cn(C2CNC2)nn1)C(=O)O. The van der Waals surface area contributed by atoms with Crippen molar-refractivity contribution in [2.45, 2.75) is 25.9 Å². The van der Waals surface area contributed by atoms with E-state index in [4.69, 9.17) is 5.11 Å². The van der Waals surface area contributed by atoms with Crippen LogP contribution in [0.5, 0.6) is 0 Å². The lowest BCUT2D eigenvalue weighted by atomic mass is 10.0. The molecular formula is C11H17N5O3. The minimum atomic E-state index is -1.06. The Morgan fingerprint density at radius 1 is 1.53 bits per heavy atom. The largest absolute Gasteiger partial charge is 0.480 e. The summed E-state index contributed by atoms with van der Waals surface area (Å²) in [6.07, 6.45) is 1.54. The molecule has 0 saturated carbocycles. The van der Waals surface area contributed by atoms with Crippen molar-refractivity contribution in [3.05, 3.63) is 11.9 Å². The van der Waals surface area contributed by atoms with E-state index in [0.717, 1.165) is 13.1 Å². The highest BCUT2D eigenvalue weighted by atomic mass is 16.4. The van der Waals surface area contributed by atoms with Crippen molar-refractivity contribution in [2.75, 3.05) is 13.1 Å². The molecule has 104 valence electrons. The number of nitrogens with zero attached hydrogens (tertiary/aromatic N) is 3. The summed E-state index contributed by atoms with van der Waals surface area (Å²) in [5.74, 6) is -1.77. The Hall–Kier alpha value is -1.96. The second kappa shape index (κ2) is 5.35. The van der Waals surface area contributed by atoms with Crippen LogP contribution in [-0.2, 0) is 4.79 Å². The number of aliphatic carboxylic acids is 1. The van der Waals surface area contributed by atoms with Gasteiger partial charge in [0.05, 0.1) is 12.2 Å². The number of hydrogen-bond acceptors (Lipinski definition) is 5. The van der Waals surface area contributed by atoms with Gasteiger partial charge in [-0.3, -0.25) is 4.79 Å². The fourth-order valence-corrected chi connectivity index (χ4v) is 1.75. The van der Waals surface area contributed by atoms with Gasteiger partial charge in [0.25, 0.3) is 5.91 Å². The van der Waals surface area contributed by atoms with Gasteiger partial charge in [-0.05, 0) is 5.92 Å². The number of nitrogens with one attached hydrogen (secondary N) is 2. The number of carboxylic acids is 1. The fraction of sp³-hybridized carbons (Fsp3) is 0.636. The molecular weight excluding hydrogens is 250 g/mol. The molecule has 19 heavy (non-hydrogen) atoms. The van der Waals surface area contributed by atoms with Crippen LogP contribution in [0.2, 0.25) is 0 Å². The molecule has 1 aromatic heterocycles. The Morgan fingerprint density at radius 3 is 2.68 bits per heavy atom. The number of carbonyl (C=O) groups excluding carboxylic acids is 1.